The van der Waals surface area contributed by atoms with Gasteiger partial charge in [0.1, 0.15) is 26.4 Å². The van der Waals surface area contributed by atoms with Gasteiger partial charge in [-0.2, -0.15) is 0 Å². The maximum atomic E-state index is 12.0. The molecule has 0 radical (unpaired) electrons. The van der Waals surface area contributed by atoms with Gasteiger partial charge in [0.15, 0.2) is 0 Å². The first-order valence-electron chi connectivity index (χ1n) is 16.1. The maximum absolute atomic E-state index is 12.0. The van der Waals surface area contributed by atoms with Gasteiger partial charge in [-0.3, -0.25) is 19.2 Å². The van der Waals surface area contributed by atoms with Crippen molar-refractivity contribution in [1.29, 1.82) is 0 Å². The molecule has 270 valence electrons. The van der Waals surface area contributed by atoms with E-state index in [0.717, 1.165) is 25.8 Å². The van der Waals surface area contributed by atoms with Gasteiger partial charge < -0.3 is 59.2 Å². The Labute approximate surface area is 272 Å². The van der Waals surface area contributed by atoms with Crippen molar-refractivity contribution in [3.8, 4) is 0 Å². The summed E-state index contributed by atoms with van der Waals surface area (Å²) in [5.41, 5.74) is 0. The SMILES string of the molecule is O=C(CCN(CCCN(CCCCO)CCCN(CCC(=O)OCCO)CCC(=O)OCCO)CCC(=O)OCCO)OCCO. The van der Waals surface area contributed by atoms with Crippen LogP contribution in [0.15, 0.2) is 0 Å². The Hall–Kier alpha value is -2.44. The van der Waals surface area contributed by atoms with Crippen molar-refractivity contribution in [3.05, 3.63) is 0 Å². The predicted molar refractivity (Wildman–Crippen MR) is 166 cm³/mol. The molecule has 5 N–H and O–H groups in total. The molecule has 16 nitrogen and oxygen atoms in total. The average molecular weight is 668 g/mol. The molecular weight excluding hydrogens is 610 g/mol. The Balaban J connectivity index is 5.11. The largest absolute Gasteiger partial charge is 0.463 e. The third kappa shape index (κ3) is 26.7. The molecule has 0 heterocycles. The Morgan fingerprint density at radius 3 is 0.870 bits per heavy atom. The number of unbranched alkanes of at least 4 members (excludes halogenated alkanes) is 1. The van der Waals surface area contributed by atoms with E-state index >= 15 is 0 Å². The zero-order chi connectivity index (χ0) is 34.3. The maximum Gasteiger partial charge on any atom is 0.307 e. The van der Waals surface area contributed by atoms with Gasteiger partial charge in [0.25, 0.3) is 0 Å². The molecule has 0 saturated heterocycles. The molecule has 0 aliphatic rings. The second-order valence-electron chi connectivity index (χ2n) is 10.4. The van der Waals surface area contributed by atoms with E-state index in [0.29, 0.717) is 58.8 Å². The van der Waals surface area contributed by atoms with E-state index in [-0.39, 0.29) is 85.1 Å². The molecule has 0 fully saturated rings. The zero-order valence-electron chi connectivity index (χ0n) is 27.2. The summed E-state index contributed by atoms with van der Waals surface area (Å²) in [7, 11) is 0. The van der Waals surface area contributed by atoms with Crippen LogP contribution in [-0.4, -0.2) is 182 Å². The van der Waals surface area contributed by atoms with E-state index < -0.39 is 23.9 Å². The molecule has 0 atom stereocenters. The van der Waals surface area contributed by atoms with Gasteiger partial charge in [-0.1, -0.05) is 0 Å². The lowest BCUT2D eigenvalue weighted by molar-refractivity contribution is -0.146. The highest BCUT2D eigenvalue weighted by Crippen LogP contribution is 2.06. The molecule has 0 aliphatic heterocycles. The molecule has 0 bridgehead atoms. The summed E-state index contributed by atoms with van der Waals surface area (Å²) in [5, 5.41) is 44.7. The molecule has 0 aromatic heterocycles. The third-order valence-corrected chi connectivity index (χ3v) is 6.73. The van der Waals surface area contributed by atoms with Gasteiger partial charge in [0.05, 0.1) is 52.1 Å². The Morgan fingerprint density at radius 1 is 0.348 bits per heavy atom. The van der Waals surface area contributed by atoms with Crippen LogP contribution in [0.25, 0.3) is 0 Å². The number of rotatable bonds is 32. The number of nitrogens with zero attached hydrogens (tertiary/aromatic N) is 3. The van der Waals surface area contributed by atoms with Gasteiger partial charge in [-0.05, 0) is 58.4 Å². The molecule has 16 heteroatoms. The minimum atomic E-state index is -0.444. The lowest BCUT2D eigenvalue weighted by Crippen LogP contribution is -2.36. The monoisotopic (exact) mass is 667 g/mol. The van der Waals surface area contributed by atoms with E-state index in [1.165, 1.54) is 0 Å². The van der Waals surface area contributed by atoms with E-state index in [1.807, 2.05) is 9.80 Å². The van der Waals surface area contributed by atoms with Crippen LogP contribution in [0.2, 0.25) is 0 Å². The van der Waals surface area contributed by atoms with Crippen LogP contribution < -0.4 is 0 Å². The van der Waals surface area contributed by atoms with Gasteiger partial charge in [-0.15, -0.1) is 0 Å². The van der Waals surface area contributed by atoms with Crippen LogP contribution in [-0.2, 0) is 38.1 Å². The quantitative estimate of drug-likeness (QED) is 0.0302. The lowest BCUT2D eigenvalue weighted by atomic mass is 10.2. The van der Waals surface area contributed by atoms with E-state index in [9.17, 15) is 24.3 Å². The van der Waals surface area contributed by atoms with Crippen molar-refractivity contribution in [1.82, 2.24) is 14.7 Å². The topological polar surface area (TPSA) is 216 Å². The number of hydrogen-bond acceptors (Lipinski definition) is 16. The minimum absolute atomic E-state index is 0.0753. The fourth-order valence-electron chi connectivity index (χ4n) is 4.41. The highest BCUT2D eigenvalue weighted by atomic mass is 16.6. The third-order valence-electron chi connectivity index (χ3n) is 6.73. The minimum Gasteiger partial charge on any atom is -0.463 e. The fraction of sp³-hybridized carbons (Fsp3) is 0.867. The van der Waals surface area contributed by atoms with Crippen LogP contribution in [0.1, 0.15) is 51.4 Å². The standard InChI is InChI=1S/C30H57N3O13/c34-18-2-1-9-31(10-3-12-32(14-5-27(39)43-23-19-35)15-6-28(40)44-24-20-36)11-4-13-33(16-7-29(41)45-25-21-37)17-8-30(42)46-26-22-38/h34-38H,1-26H2. The molecular formula is C30H57N3O13. The molecule has 0 aromatic rings. The molecule has 0 amide bonds. The number of esters is 4. The Morgan fingerprint density at radius 2 is 0.609 bits per heavy atom. The van der Waals surface area contributed by atoms with Crippen LogP contribution in [0.4, 0.5) is 0 Å². The highest BCUT2D eigenvalue weighted by Gasteiger charge is 2.15. The smallest absolute Gasteiger partial charge is 0.307 e. The first kappa shape index (κ1) is 43.6. The number of hydrogen-bond donors (Lipinski definition) is 5. The number of aliphatic hydroxyl groups is 5. The first-order valence-corrected chi connectivity index (χ1v) is 16.1. The predicted octanol–water partition coefficient (Wildman–Crippen LogP) is -1.85. The van der Waals surface area contributed by atoms with Crippen LogP contribution in [0.3, 0.4) is 0 Å². The van der Waals surface area contributed by atoms with Crippen molar-refractivity contribution in [2.45, 2.75) is 51.4 Å². The zero-order valence-corrected chi connectivity index (χ0v) is 27.2. The van der Waals surface area contributed by atoms with Crippen molar-refractivity contribution < 1.29 is 63.7 Å². The van der Waals surface area contributed by atoms with Crippen LogP contribution in [0.5, 0.6) is 0 Å². The summed E-state index contributed by atoms with van der Waals surface area (Å²) >= 11 is 0. The Kier molecular flexibility index (Phi) is 29.5. The molecule has 0 saturated carbocycles. The number of ether oxygens (including phenoxy) is 4. The number of aliphatic hydroxyl groups excluding tert-OH is 5. The van der Waals surface area contributed by atoms with Crippen molar-refractivity contribution >= 4 is 23.9 Å². The first-order chi connectivity index (χ1) is 22.3. The Bertz CT molecular complexity index is 685. The molecule has 0 aliphatic carbocycles. The lowest BCUT2D eigenvalue weighted by Gasteiger charge is -2.27. The number of carbonyl (C=O) groups excluding carboxylic acids is 4. The van der Waals surface area contributed by atoms with Crippen LogP contribution >= 0.6 is 0 Å². The van der Waals surface area contributed by atoms with Gasteiger partial charge in [-0.25, -0.2) is 0 Å². The molecule has 0 rings (SSSR count). The summed E-state index contributed by atoms with van der Waals surface area (Å²) in [6.07, 6.45) is 3.32. The summed E-state index contributed by atoms with van der Waals surface area (Å²) in [6.45, 7) is 3.56. The van der Waals surface area contributed by atoms with E-state index in [4.69, 9.17) is 39.4 Å². The molecule has 46 heavy (non-hydrogen) atoms. The van der Waals surface area contributed by atoms with Gasteiger partial charge in [0.2, 0.25) is 0 Å². The van der Waals surface area contributed by atoms with Gasteiger partial charge in [0, 0.05) is 32.8 Å². The summed E-state index contributed by atoms with van der Waals surface area (Å²) in [5.74, 6) is -1.78. The second-order valence-corrected chi connectivity index (χ2v) is 10.4. The van der Waals surface area contributed by atoms with E-state index in [1.54, 1.807) is 0 Å². The highest BCUT2D eigenvalue weighted by molar-refractivity contribution is 5.71. The fourth-order valence-corrected chi connectivity index (χ4v) is 4.41. The van der Waals surface area contributed by atoms with Crippen LogP contribution in [0, 0.1) is 0 Å². The molecule has 0 spiro atoms. The summed E-state index contributed by atoms with van der Waals surface area (Å²) in [6, 6.07) is 0. The van der Waals surface area contributed by atoms with Crippen molar-refractivity contribution in [3.63, 3.8) is 0 Å². The summed E-state index contributed by atoms with van der Waals surface area (Å²) < 4.78 is 19.8. The average Bonchev–Trinajstić information content (AvgIpc) is 3.05. The van der Waals surface area contributed by atoms with Gasteiger partial charge >= 0.3 is 23.9 Å². The normalized spacial score (nSPS) is 11.3. The van der Waals surface area contributed by atoms with Crippen molar-refractivity contribution in [2.24, 2.45) is 0 Å². The second kappa shape index (κ2) is 31.2. The molecule has 0 aromatic carbocycles. The summed E-state index contributed by atoms with van der Waals surface area (Å²) in [4.78, 5) is 54.1. The number of carbonyl (C=O) groups is 4. The molecule has 0 unspecified atom stereocenters. The van der Waals surface area contributed by atoms with Crippen molar-refractivity contribution in [2.75, 3.05) is 118 Å². The van der Waals surface area contributed by atoms with E-state index in [2.05, 4.69) is 4.90 Å².